The number of hydrogen-bond donors (Lipinski definition) is 1. The third-order valence-corrected chi connectivity index (χ3v) is 4.33. The van der Waals surface area contributed by atoms with E-state index < -0.39 is 0 Å². The van der Waals surface area contributed by atoms with Crippen molar-refractivity contribution >= 4 is 0 Å². The van der Waals surface area contributed by atoms with Crippen LogP contribution in [0.5, 0.6) is 0 Å². The highest BCUT2D eigenvalue weighted by Gasteiger charge is 2.31. The molecule has 3 heteroatoms. The maximum atomic E-state index is 5.91. The number of rotatable bonds is 5. The van der Waals surface area contributed by atoms with E-state index in [1.807, 2.05) is 0 Å². The van der Waals surface area contributed by atoms with Crippen molar-refractivity contribution in [2.45, 2.75) is 39.2 Å². The summed E-state index contributed by atoms with van der Waals surface area (Å²) in [5.41, 5.74) is 5.91. The maximum absolute atomic E-state index is 5.91. The van der Waals surface area contributed by atoms with Crippen molar-refractivity contribution in [2.75, 3.05) is 39.3 Å². The van der Waals surface area contributed by atoms with Gasteiger partial charge >= 0.3 is 0 Å². The van der Waals surface area contributed by atoms with Crippen LogP contribution >= 0.6 is 0 Å². The minimum absolute atomic E-state index is 0.697. The summed E-state index contributed by atoms with van der Waals surface area (Å²) in [5.74, 6) is 1.47. The van der Waals surface area contributed by atoms with E-state index in [0.717, 1.165) is 18.5 Å². The fraction of sp³-hybridized carbons (Fsp3) is 1.00. The van der Waals surface area contributed by atoms with E-state index in [4.69, 9.17) is 5.73 Å². The number of fused-ring (bicyclic) bond motifs is 1. The van der Waals surface area contributed by atoms with Crippen LogP contribution in [0, 0.1) is 11.8 Å². The van der Waals surface area contributed by atoms with Gasteiger partial charge in [-0.3, -0.25) is 4.90 Å². The molecule has 0 radical (unpaired) electrons. The zero-order valence-corrected chi connectivity index (χ0v) is 11.6. The SMILES string of the molecule is CC(C)CC(CN)CN1CCN2CCCC2C1. The number of hydrogen-bond acceptors (Lipinski definition) is 3. The van der Waals surface area contributed by atoms with E-state index in [1.165, 1.54) is 52.0 Å². The topological polar surface area (TPSA) is 32.5 Å². The Hall–Kier alpha value is -0.120. The third kappa shape index (κ3) is 3.67. The third-order valence-electron chi connectivity index (χ3n) is 4.33. The summed E-state index contributed by atoms with van der Waals surface area (Å²) < 4.78 is 0. The molecule has 0 amide bonds. The Kier molecular flexibility index (Phi) is 4.83. The normalized spacial score (nSPS) is 28.6. The molecule has 0 bridgehead atoms. The second-order valence-electron chi connectivity index (χ2n) is 6.32. The zero-order chi connectivity index (χ0) is 12.3. The van der Waals surface area contributed by atoms with Crippen molar-refractivity contribution < 1.29 is 0 Å². The molecule has 0 aromatic heterocycles. The molecule has 2 aliphatic rings. The summed E-state index contributed by atoms with van der Waals surface area (Å²) in [4.78, 5) is 5.34. The summed E-state index contributed by atoms with van der Waals surface area (Å²) in [5, 5.41) is 0. The van der Waals surface area contributed by atoms with E-state index in [0.29, 0.717) is 5.92 Å². The van der Waals surface area contributed by atoms with Crippen molar-refractivity contribution in [3.63, 3.8) is 0 Å². The molecule has 17 heavy (non-hydrogen) atoms. The number of nitrogens with zero attached hydrogens (tertiary/aromatic N) is 2. The lowest BCUT2D eigenvalue weighted by molar-refractivity contribution is 0.0895. The van der Waals surface area contributed by atoms with Gasteiger partial charge in [-0.15, -0.1) is 0 Å². The number of nitrogens with two attached hydrogens (primary N) is 1. The lowest BCUT2D eigenvalue weighted by atomic mass is 9.96. The van der Waals surface area contributed by atoms with Gasteiger partial charge in [0.2, 0.25) is 0 Å². The van der Waals surface area contributed by atoms with Crippen LogP contribution in [-0.4, -0.2) is 55.1 Å². The summed E-state index contributed by atoms with van der Waals surface area (Å²) in [6, 6.07) is 0.848. The van der Waals surface area contributed by atoms with Gasteiger partial charge in [-0.1, -0.05) is 13.8 Å². The molecule has 2 atom stereocenters. The minimum Gasteiger partial charge on any atom is -0.330 e. The van der Waals surface area contributed by atoms with Crippen LogP contribution in [0.15, 0.2) is 0 Å². The van der Waals surface area contributed by atoms with Gasteiger partial charge < -0.3 is 10.6 Å². The van der Waals surface area contributed by atoms with Crippen LogP contribution in [0.1, 0.15) is 33.1 Å². The first-order valence-corrected chi connectivity index (χ1v) is 7.35. The van der Waals surface area contributed by atoms with Crippen molar-refractivity contribution in [3.8, 4) is 0 Å². The van der Waals surface area contributed by atoms with Crippen LogP contribution in [0.25, 0.3) is 0 Å². The van der Waals surface area contributed by atoms with Crippen molar-refractivity contribution in [3.05, 3.63) is 0 Å². The first-order chi connectivity index (χ1) is 8.19. The lowest BCUT2D eigenvalue weighted by Crippen LogP contribution is -2.51. The molecular weight excluding hydrogens is 210 g/mol. The van der Waals surface area contributed by atoms with Crippen LogP contribution in [-0.2, 0) is 0 Å². The second-order valence-corrected chi connectivity index (χ2v) is 6.32. The molecule has 2 saturated heterocycles. The average molecular weight is 239 g/mol. The second kappa shape index (κ2) is 6.17. The van der Waals surface area contributed by atoms with E-state index in [2.05, 4.69) is 23.6 Å². The molecule has 2 unspecified atom stereocenters. The average Bonchev–Trinajstić information content (AvgIpc) is 2.74. The van der Waals surface area contributed by atoms with E-state index >= 15 is 0 Å². The Morgan fingerprint density at radius 1 is 1.24 bits per heavy atom. The lowest BCUT2D eigenvalue weighted by Gasteiger charge is -2.39. The van der Waals surface area contributed by atoms with Gasteiger partial charge in [-0.05, 0) is 44.2 Å². The van der Waals surface area contributed by atoms with E-state index in [9.17, 15) is 0 Å². The quantitative estimate of drug-likeness (QED) is 0.787. The molecule has 0 aliphatic carbocycles. The molecule has 2 heterocycles. The standard InChI is InChI=1S/C14H29N3/c1-12(2)8-13(9-15)10-16-6-7-17-5-3-4-14(17)11-16/h12-14H,3-11,15H2,1-2H3. The highest BCUT2D eigenvalue weighted by Crippen LogP contribution is 2.22. The highest BCUT2D eigenvalue weighted by atomic mass is 15.3. The van der Waals surface area contributed by atoms with Crippen LogP contribution in [0.4, 0.5) is 0 Å². The first kappa shape index (κ1) is 13.3. The monoisotopic (exact) mass is 239 g/mol. The highest BCUT2D eigenvalue weighted by molar-refractivity contribution is 4.87. The molecule has 2 fully saturated rings. The molecule has 0 aromatic carbocycles. The Morgan fingerprint density at radius 2 is 2.06 bits per heavy atom. The Balaban J connectivity index is 1.78. The Morgan fingerprint density at radius 3 is 2.76 bits per heavy atom. The first-order valence-electron chi connectivity index (χ1n) is 7.35. The Labute approximate surface area is 106 Å². The van der Waals surface area contributed by atoms with Gasteiger partial charge in [0, 0.05) is 32.2 Å². The fourth-order valence-electron chi connectivity index (χ4n) is 3.50. The summed E-state index contributed by atoms with van der Waals surface area (Å²) in [6.07, 6.45) is 4.10. The predicted octanol–water partition coefficient (Wildman–Crippen LogP) is 1.39. The van der Waals surface area contributed by atoms with Crippen molar-refractivity contribution in [1.29, 1.82) is 0 Å². The van der Waals surface area contributed by atoms with E-state index in [-0.39, 0.29) is 0 Å². The van der Waals surface area contributed by atoms with Crippen molar-refractivity contribution in [1.82, 2.24) is 9.80 Å². The van der Waals surface area contributed by atoms with Gasteiger partial charge in [0.25, 0.3) is 0 Å². The molecule has 2 N–H and O–H groups in total. The van der Waals surface area contributed by atoms with Gasteiger partial charge in [0.15, 0.2) is 0 Å². The summed E-state index contributed by atoms with van der Waals surface area (Å²) in [7, 11) is 0. The molecule has 0 saturated carbocycles. The van der Waals surface area contributed by atoms with Gasteiger partial charge in [0.1, 0.15) is 0 Å². The summed E-state index contributed by atoms with van der Waals surface area (Å²) >= 11 is 0. The molecule has 2 aliphatic heterocycles. The molecule has 0 aromatic rings. The van der Waals surface area contributed by atoms with Gasteiger partial charge in [-0.25, -0.2) is 0 Å². The van der Waals surface area contributed by atoms with Gasteiger partial charge in [-0.2, -0.15) is 0 Å². The Bertz CT molecular complexity index is 230. The minimum atomic E-state index is 0.697. The molecule has 100 valence electrons. The van der Waals surface area contributed by atoms with Crippen LogP contribution < -0.4 is 5.73 Å². The summed E-state index contributed by atoms with van der Waals surface area (Å²) in [6.45, 7) is 11.8. The molecule has 0 spiro atoms. The molecule has 2 rings (SSSR count). The predicted molar refractivity (Wildman–Crippen MR) is 73.0 cm³/mol. The van der Waals surface area contributed by atoms with Crippen molar-refractivity contribution in [2.24, 2.45) is 17.6 Å². The van der Waals surface area contributed by atoms with Gasteiger partial charge in [0.05, 0.1) is 0 Å². The zero-order valence-electron chi connectivity index (χ0n) is 11.6. The largest absolute Gasteiger partial charge is 0.330 e. The smallest absolute Gasteiger partial charge is 0.0224 e. The van der Waals surface area contributed by atoms with E-state index in [1.54, 1.807) is 0 Å². The maximum Gasteiger partial charge on any atom is 0.0224 e. The van der Waals surface area contributed by atoms with Crippen LogP contribution in [0.3, 0.4) is 0 Å². The molecular formula is C14H29N3. The van der Waals surface area contributed by atoms with Crippen LogP contribution in [0.2, 0.25) is 0 Å². The molecule has 3 nitrogen and oxygen atoms in total. The fourth-order valence-corrected chi connectivity index (χ4v) is 3.50. The number of piperazine rings is 1.